The van der Waals surface area contributed by atoms with Crippen LogP contribution in [0.3, 0.4) is 0 Å². The molecule has 188 valence electrons. The molecular weight excluding hydrogens is 447 g/mol. The lowest BCUT2D eigenvalue weighted by Gasteiger charge is -2.42. The standard InChI is InChI=1S/C24H34F3N5O2/c1-4-22(2,3)17-7-9-23(10-8-17)20(33)32(21(34)29-23)16-30-11-13-31(14-12-30)19-6-5-18(15-28-19)24(25,26)27/h5-6,15,17H,4,7-14,16H2,1-3H3,(H,29,34). The number of nitrogens with zero attached hydrogens (tertiary/aromatic N) is 4. The topological polar surface area (TPSA) is 68.8 Å². The molecule has 1 saturated carbocycles. The van der Waals surface area contributed by atoms with Crippen molar-refractivity contribution in [2.75, 3.05) is 37.7 Å². The maximum absolute atomic E-state index is 13.3. The Labute approximate surface area is 198 Å². The predicted molar refractivity (Wildman–Crippen MR) is 122 cm³/mol. The summed E-state index contributed by atoms with van der Waals surface area (Å²) in [7, 11) is 0. The number of hydrogen-bond acceptors (Lipinski definition) is 5. The van der Waals surface area contributed by atoms with Gasteiger partial charge in [-0.15, -0.1) is 0 Å². The molecule has 34 heavy (non-hydrogen) atoms. The number of rotatable bonds is 5. The van der Waals surface area contributed by atoms with Gasteiger partial charge in [0.1, 0.15) is 11.4 Å². The number of amides is 3. The molecule has 0 aromatic carbocycles. The van der Waals surface area contributed by atoms with E-state index in [0.717, 1.165) is 31.5 Å². The summed E-state index contributed by atoms with van der Waals surface area (Å²) in [5.41, 5.74) is -1.31. The monoisotopic (exact) mass is 481 g/mol. The summed E-state index contributed by atoms with van der Waals surface area (Å²) in [6.07, 6.45) is 0.746. The van der Waals surface area contributed by atoms with Gasteiger partial charge in [-0.3, -0.25) is 9.69 Å². The number of alkyl halides is 3. The minimum absolute atomic E-state index is 0.128. The molecule has 10 heteroatoms. The van der Waals surface area contributed by atoms with Crippen molar-refractivity contribution in [3.63, 3.8) is 0 Å². The largest absolute Gasteiger partial charge is 0.417 e. The van der Waals surface area contributed by atoms with Crippen LogP contribution in [0.5, 0.6) is 0 Å². The molecule has 3 fully saturated rings. The van der Waals surface area contributed by atoms with E-state index in [-0.39, 0.29) is 24.0 Å². The highest BCUT2D eigenvalue weighted by Gasteiger charge is 2.53. The van der Waals surface area contributed by atoms with Gasteiger partial charge in [0.2, 0.25) is 0 Å². The number of piperazine rings is 1. The Morgan fingerprint density at radius 3 is 2.26 bits per heavy atom. The minimum Gasteiger partial charge on any atom is -0.354 e. The lowest BCUT2D eigenvalue weighted by atomic mass is 9.65. The molecule has 0 bridgehead atoms. The van der Waals surface area contributed by atoms with Crippen LogP contribution in [-0.2, 0) is 11.0 Å². The summed E-state index contributed by atoms with van der Waals surface area (Å²) in [4.78, 5) is 35.3. The van der Waals surface area contributed by atoms with Gasteiger partial charge in [-0.05, 0) is 49.1 Å². The maximum atomic E-state index is 13.3. The molecule has 1 aliphatic carbocycles. The molecule has 1 spiro atoms. The first kappa shape index (κ1) is 24.8. The number of urea groups is 1. The molecule has 4 rings (SSSR count). The average molecular weight is 482 g/mol. The Morgan fingerprint density at radius 1 is 1.09 bits per heavy atom. The molecule has 7 nitrogen and oxygen atoms in total. The summed E-state index contributed by atoms with van der Waals surface area (Å²) in [5.74, 6) is 0.916. The molecule has 3 aliphatic rings. The fraction of sp³-hybridized carbons (Fsp3) is 0.708. The van der Waals surface area contributed by atoms with Crippen molar-refractivity contribution in [3.05, 3.63) is 23.9 Å². The first-order valence-corrected chi connectivity index (χ1v) is 12.1. The molecular formula is C24H34F3N5O2. The number of aromatic nitrogens is 1. The van der Waals surface area contributed by atoms with Gasteiger partial charge in [0.25, 0.3) is 5.91 Å². The summed E-state index contributed by atoms with van der Waals surface area (Å²) < 4.78 is 38.3. The Morgan fingerprint density at radius 2 is 1.74 bits per heavy atom. The fourth-order valence-electron chi connectivity index (χ4n) is 5.38. The van der Waals surface area contributed by atoms with Crippen LogP contribution in [-0.4, -0.2) is 65.1 Å². The van der Waals surface area contributed by atoms with Crippen LogP contribution in [0.2, 0.25) is 0 Å². The van der Waals surface area contributed by atoms with Gasteiger partial charge in [-0.25, -0.2) is 14.7 Å². The van der Waals surface area contributed by atoms with Gasteiger partial charge < -0.3 is 10.2 Å². The molecule has 2 saturated heterocycles. The zero-order valence-corrected chi connectivity index (χ0v) is 20.1. The van der Waals surface area contributed by atoms with E-state index in [4.69, 9.17) is 0 Å². The van der Waals surface area contributed by atoms with Crippen LogP contribution in [0.1, 0.15) is 58.4 Å². The van der Waals surface area contributed by atoms with E-state index in [9.17, 15) is 22.8 Å². The fourth-order valence-corrected chi connectivity index (χ4v) is 5.38. The molecule has 3 amide bonds. The number of carbonyl (C=O) groups is 2. The lowest BCUT2D eigenvalue weighted by molar-refractivity contribution is -0.138. The SMILES string of the molecule is CCC(C)(C)C1CCC2(CC1)NC(=O)N(CN1CCN(c3ccc(C(F)(F)F)cn3)CC1)C2=O. The number of nitrogens with one attached hydrogen (secondary N) is 1. The highest BCUT2D eigenvalue weighted by Crippen LogP contribution is 2.45. The summed E-state index contributed by atoms with van der Waals surface area (Å²) in [6.45, 7) is 9.25. The second-order valence-corrected chi connectivity index (χ2v) is 10.5. The van der Waals surface area contributed by atoms with Crippen molar-refractivity contribution >= 4 is 17.8 Å². The van der Waals surface area contributed by atoms with E-state index in [0.29, 0.717) is 50.8 Å². The van der Waals surface area contributed by atoms with E-state index in [2.05, 4.69) is 31.1 Å². The maximum Gasteiger partial charge on any atom is 0.417 e. The second kappa shape index (κ2) is 9.02. The van der Waals surface area contributed by atoms with E-state index < -0.39 is 17.3 Å². The Bertz CT molecular complexity index is 902. The van der Waals surface area contributed by atoms with Crippen LogP contribution in [0, 0.1) is 11.3 Å². The molecule has 1 aromatic heterocycles. The third-order valence-electron chi connectivity index (χ3n) is 8.21. The molecule has 1 aromatic rings. The van der Waals surface area contributed by atoms with Gasteiger partial charge >= 0.3 is 12.2 Å². The highest BCUT2D eigenvalue weighted by molar-refractivity contribution is 6.07. The molecule has 0 unspecified atom stereocenters. The van der Waals surface area contributed by atoms with Crippen molar-refractivity contribution in [3.8, 4) is 0 Å². The first-order chi connectivity index (χ1) is 15.9. The molecule has 0 atom stereocenters. The Hall–Kier alpha value is -2.36. The highest BCUT2D eigenvalue weighted by atomic mass is 19.4. The van der Waals surface area contributed by atoms with Crippen molar-refractivity contribution < 1.29 is 22.8 Å². The number of carbonyl (C=O) groups excluding carboxylic acids is 2. The lowest BCUT2D eigenvalue weighted by Crippen LogP contribution is -2.53. The Kier molecular flexibility index (Phi) is 6.56. The van der Waals surface area contributed by atoms with Crippen LogP contribution in [0.25, 0.3) is 0 Å². The molecule has 0 radical (unpaired) electrons. The van der Waals surface area contributed by atoms with E-state index in [1.54, 1.807) is 0 Å². The zero-order chi connectivity index (χ0) is 24.7. The Balaban J connectivity index is 1.31. The summed E-state index contributed by atoms with van der Waals surface area (Å²) in [5, 5.41) is 3.00. The average Bonchev–Trinajstić information content (AvgIpc) is 3.03. The molecule has 2 aliphatic heterocycles. The van der Waals surface area contributed by atoms with Crippen molar-refractivity contribution in [2.24, 2.45) is 11.3 Å². The van der Waals surface area contributed by atoms with Crippen LogP contribution < -0.4 is 10.2 Å². The predicted octanol–water partition coefficient (Wildman–Crippen LogP) is 4.10. The van der Waals surface area contributed by atoms with E-state index in [1.165, 1.54) is 11.0 Å². The zero-order valence-electron chi connectivity index (χ0n) is 20.1. The van der Waals surface area contributed by atoms with Gasteiger partial charge in [0.15, 0.2) is 0 Å². The molecule has 1 N–H and O–H groups in total. The minimum atomic E-state index is -4.41. The van der Waals surface area contributed by atoms with Crippen molar-refractivity contribution in [2.45, 2.75) is 64.6 Å². The van der Waals surface area contributed by atoms with Gasteiger partial charge in [0.05, 0.1) is 12.2 Å². The van der Waals surface area contributed by atoms with Gasteiger partial charge in [-0.2, -0.15) is 13.2 Å². The van der Waals surface area contributed by atoms with E-state index >= 15 is 0 Å². The van der Waals surface area contributed by atoms with E-state index in [1.807, 2.05) is 9.80 Å². The number of hydrogen-bond donors (Lipinski definition) is 1. The number of halogens is 3. The number of imide groups is 1. The van der Waals surface area contributed by atoms with Crippen LogP contribution in [0.15, 0.2) is 18.3 Å². The van der Waals surface area contributed by atoms with Gasteiger partial charge in [-0.1, -0.05) is 27.2 Å². The second-order valence-electron chi connectivity index (χ2n) is 10.5. The smallest absolute Gasteiger partial charge is 0.354 e. The number of anilines is 1. The third kappa shape index (κ3) is 4.74. The normalized spacial score (nSPS) is 26.9. The quantitative estimate of drug-likeness (QED) is 0.642. The first-order valence-electron chi connectivity index (χ1n) is 12.1. The summed E-state index contributed by atoms with van der Waals surface area (Å²) >= 11 is 0. The molecule has 3 heterocycles. The van der Waals surface area contributed by atoms with Gasteiger partial charge in [0, 0.05) is 32.4 Å². The summed E-state index contributed by atoms with van der Waals surface area (Å²) in [6, 6.07) is 2.10. The van der Waals surface area contributed by atoms with Crippen LogP contribution >= 0.6 is 0 Å². The van der Waals surface area contributed by atoms with Crippen molar-refractivity contribution in [1.82, 2.24) is 20.1 Å². The number of pyridine rings is 1. The van der Waals surface area contributed by atoms with Crippen molar-refractivity contribution in [1.29, 1.82) is 0 Å². The van der Waals surface area contributed by atoms with Crippen LogP contribution in [0.4, 0.5) is 23.8 Å². The third-order valence-corrected chi connectivity index (χ3v) is 8.21.